The monoisotopic (exact) mass is 333 g/mol. The van der Waals surface area contributed by atoms with Gasteiger partial charge in [0, 0.05) is 37.0 Å². The van der Waals surface area contributed by atoms with Gasteiger partial charge in [0.1, 0.15) is 11.5 Å². The van der Waals surface area contributed by atoms with Gasteiger partial charge in [-0.1, -0.05) is 0 Å². The molecular weight excluding hydrogens is 318 g/mol. The number of pyridine rings is 1. The van der Waals surface area contributed by atoms with Gasteiger partial charge in [-0.15, -0.1) is 0 Å². The molecule has 0 amide bonds. The molecule has 4 heterocycles. The van der Waals surface area contributed by atoms with Crippen molar-refractivity contribution in [3.05, 3.63) is 29.0 Å². The van der Waals surface area contributed by atoms with Crippen LogP contribution in [0.1, 0.15) is 12.5 Å². The number of fused-ring (bicyclic) bond motifs is 3. The van der Waals surface area contributed by atoms with Crippen LogP contribution in [0.3, 0.4) is 0 Å². The van der Waals surface area contributed by atoms with Crippen LogP contribution in [0.25, 0.3) is 11.3 Å². The van der Waals surface area contributed by atoms with E-state index in [4.69, 9.17) is 5.10 Å². The predicted octanol–water partition coefficient (Wildman–Crippen LogP) is 2.28. The summed E-state index contributed by atoms with van der Waals surface area (Å²) in [7, 11) is 0. The van der Waals surface area contributed by atoms with E-state index in [1.54, 1.807) is 6.20 Å². The normalized spacial score (nSPS) is 24.6. The van der Waals surface area contributed by atoms with E-state index < -0.39 is 0 Å². The summed E-state index contributed by atoms with van der Waals surface area (Å²) in [5.74, 6) is 1.72. The highest BCUT2D eigenvalue weighted by Crippen LogP contribution is 2.40. The maximum atomic E-state index is 4.84. The summed E-state index contributed by atoms with van der Waals surface area (Å²) in [6, 6.07) is 4.49. The molecular formula is C14H16BrN5. The third-order valence-corrected chi connectivity index (χ3v) is 4.95. The first-order valence-electron chi connectivity index (χ1n) is 6.97. The lowest BCUT2D eigenvalue weighted by atomic mass is 9.92. The van der Waals surface area contributed by atoms with Gasteiger partial charge in [0.05, 0.1) is 10.5 Å². The minimum Gasteiger partial charge on any atom is -0.369 e. The van der Waals surface area contributed by atoms with Crippen molar-refractivity contribution < 1.29 is 0 Å². The molecule has 0 radical (unpaired) electrons. The summed E-state index contributed by atoms with van der Waals surface area (Å²) in [5.41, 5.74) is 2.02. The Morgan fingerprint density at radius 3 is 3.15 bits per heavy atom. The van der Waals surface area contributed by atoms with E-state index in [1.165, 1.54) is 0 Å². The van der Waals surface area contributed by atoms with Gasteiger partial charge >= 0.3 is 0 Å². The number of hydrogen-bond donors (Lipinski definition) is 2. The van der Waals surface area contributed by atoms with Crippen molar-refractivity contribution in [1.82, 2.24) is 20.1 Å². The molecule has 5 nitrogen and oxygen atoms in total. The first-order valence-corrected chi connectivity index (χ1v) is 7.77. The Balaban J connectivity index is 1.80. The summed E-state index contributed by atoms with van der Waals surface area (Å²) in [4.78, 5) is 4.19. The zero-order chi connectivity index (χ0) is 13.5. The van der Waals surface area contributed by atoms with Crippen LogP contribution in [0.15, 0.2) is 29.0 Å². The average Bonchev–Trinajstić information content (AvgIpc) is 2.86. The fraction of sp³-hybridized carbons (Fsp3) is 0.429. The quantitative estimate of drug-likeness (QED) is 0.840. The maximum Gasteiger partial charge on any atom is 0.139 e. The first-order chi connectivity index (χ1) is 9.84. The molecule has 0 saturated carbocycles. The maximum absolute atomic E-state index is 4.84. The molecule has 1 fully saturated rings. The molecule has 104 valence electrons. The van der Waals surface area contributed by atoms with Gasteiger partial charge < -0.3 is 10.6 Å². The highest BCUT2D eigenvalue weighted by Gasteiger charge is 2.34. The Kier molecular flexibility index (Phi) is 3.00. The Morgan fingerprint density at radius 1 is 1.35 bits per heavy atom. The molecule has 4 rings (SSSR count). The van der Waals surface area contributed by atoms with Crippen molar-refractivity contribution >= 4 is 21.7 Å². The molecule has 1 saturated heterocycles. The third kappa shape index (κ3) is 1.86. The van der Waals surface area contributed by atoms with Gasteiger partial charge in [-0.25, -0.2) is 4.68 Å². The summed E-state index contributed by atoms with van der Waals surface area (Å²) >= 11 is 3.70. The minimum atomic E-state index is 0.495. The molecule has 6 heteroatoms. The second kappa shape index (κ2) is 4.86. The van der Waals surface area contributed by atoms with Gasteiger partial charge in [0.15, 0.2) is 0 Å². The van der Waals surface area contributed by atoms with Crippen molar-refractivity contribution in [3.8, 4) is 11.3 Å². The first kappa shape index (κ1) is 12.3. The zero-order valence-corrected chi connectivity index (χ0v) is 12.6. The SMILES string of the molecule is Brc1c(-c2cccnc2)nn2c1NCC1CNCCC12. The Bertz CT molecular complexity index is 624. The van der Waals surface area contributed by atoms with E-state index in [0.29, 0.717) is 12.0 Å². The van der Waals surface area contributed by atoms with Crippen LogP contribution < -0.4 is 10.6 Å². The van der Waals surface area contributed by atoms with Crippen molar-refractivity contribution in [1.29, 1.82) is 0 Å². The number of halogens is 1. The largest absolute Gasteiger partial charge is 0.369 e. The predicted molar refractivity (Wildman–Crippen MR) is 81.7 cm³/mol. The molecule has 2 aliphatic heterocycles. The van der Waals surface area contributed by atoms with Gasteiger partial charge in [0.2, 0.25) is 0 Å². The number of hydrogen-bond acceptors (Lipinski definition) is 4. The Hall–Kier alpha value is -1.40. The Labute approximate surface area is 125 Å². The van der Waals surface area contributed by atoms with Crippen LogP contribution in [-0.2, 0) is 0 Å². The minimum absolute atomic E-state index is 0.495. The molecule has 2 aromatic rings. The summed E-state index contributed by atoms with van der Waals surface area (Å²) in [6.07, 6.45) is 4.79. The number of anilines is 1. The molecule has 0 bridgehead atoms. The Morgan fingerprint density at radius 2 is 2.30 bits per heavy atom. The smallest absolute Gasteiger partial charge is 0.139 e. The molecule has 0 spiro atoms. The second-order valence-electron chi connectivity index (χ2n) is 5.40. The lowest BCUT2D eigenvalue weighted by molar-refractivity contribution is 0.238. The van der Waals surface area contributed by atoms with Gasteiger partial charge in [-0.2, -0.15) is 5.10 Å². The van der Waals surface area contributed by atoms with Crippen LogP contribution in [0, 0.1) is 5.92 Å². The topological polar surface area (TPSA) is 54.8 Å². The number of piperidine rings is 1. The van der Waals surface area contributed by atoms with Crippen molar-refractivity contribution in [2.45, 2.75) is 12.5 Å². The van der Waals surface area contributed by atoms with Crippen LogP contribution in [0.2, 0.25) is 0 Å². The van der Waals surface area contributed by atoms with Gasteiger partial charge in [-0.3, -0.25) is 4.98 Å². The highest BCUT2D eigenvalue weighted by atomic mass is 79.9. The number of aromatic nitrogens is 3. The molecule has 2 atom stereocenters. The second-order valence-corrected chi connectivity index (χ2v) is 6.19. The van der Waals surface area contributed by atoms with E-state index in [9.17, 15) is 0 Å². The third-order valence-electron chi connectivity index (χ3n) is 4.20. The van der Waals surface area contributed by atoms with Crippen LogP contribution >= 0.6 is 15.9 Å². The van der Waals surface area contributed by atoms with Crippen molar-refractivity contribution in [2.75, 3.05) is 25.0 Å². The van der Waals surface area contributed by atoms with Crippen LogP contribution in [-0.4, -0.2) is 34.4 Å². The van der Waals surface area contributed by atoms with Gasteiger partial charge in [0.25, 0.3) is 0 Å². The lowest BCUT2D eigenvalue weighted by Gasteiger charge is -2.37. The van der Waals surface area contributed by atoms with Crippen LogP contribution in [0.5, 0.6) is 0 Å². The molecule has 2 unspecified atom stereocenters. The standard InChI is InChI=1S/C14H16BrN5/c15-12-13(9-2-1-4-16-6-9)19-20-11-3-5-17-7-10(11)8-18-14(12)20/h1-2,4,6,10-11,17-18H,3,5,7-8H2. The molecule has 2 aromatic heterocycles. The van der Waals surface area contributed by atoms with Crippen LogP contribution in [0.4, 0.5) is 5.82 Å². The molecule has 20 heavy (non-hydrogen) atoms. The fourth-order valence-electron chi connectivity index (χ4n) is 3.17. The summed E-state index contributed by atoms with van der Waals surface area (Å²) < 4.78 is 3.21. The van der Waals surface area contributed by atoms with Gasteiger partial charge in [-0.05, 0) is 41.0 Å². The van der Waals surface area contributed by atoms with E-state index in [2.05, 4.69) is 36.2 Å². The molecule has 0 aliphatic carbocycles. The average molecular weight is 334 g/mol. The summed E-state index contributed by atoms with van der Waals surface area (Å²) in [6.45, 7) is 3.14. The highest BCUT2D eigenvalue weighted by molar-refractivity contribution is 9.10. The number of rotatable bonds is 1. The van der Waals surface area contributed by atoms with Crippen molar-refractivity contribution in [2.24, 2.45) is 5.92 Å². The lowest BCUT2D eigenvalue weighted by Crippen LogP contribution is -2.44. The zero-order valence-electron chi connectivity index (χ0n) is 11.0. The van der Waals surface area contributed by atoms with E-state index >= 15 is 0 Å². The summed E-state index contributed by atoms with van der Waals surface area (Å²) in [5, 5.41) is 11.8. The van der Waals surface area contributed by atoms with Crippen molar-refractivity contribution in [3.63, 3.8) is 0 Å². The number of nitrogens with one attached hydrogen (secondary N) is 2. The molecule has 0 aromatic carbocycles. The van der Waals surface area contributed by atoms with E-state index in [0.717, 1.165) is 47.6 Å². The molecule has 2 aliphatic rings. The molecule has 2 N–H and O–H groups in total. The van der Waals surface area contributed by atoms with E-state index in [1.807, 2.05) is 18.3 Å². The fourth-order valence-corrected chi connectivity index (χ4v) is 3.80. The number of nitrogens with zero attached hydrogens (tertiary/aromatic N) is 3. The van der Waals surface area contributed by atoms with E-state index in [-0.39, 0.29) is 0 Å².